The molecule has 7 atom stereocenters. The quantitative estimate of drug-likeness (QED) is 0.602. The van der Waals surface area contributed by atoms with E-state index in [1.165, 1.54) is 5.57 Å². The molecule has 3 heteroatoms. The molecular formula is C19H28O3. The van der Waals surface area contributed by atoms with E-state index in [2.05, 4.69) is 19.9 Å². The van der Waals surface area contributed by atoms with Gasteiger partial charge in [-0.15, -0.1) is 0 Å². The van der Waals surface area contributed by atoms with E-state index in [1.807, 2.05) is 6.08 Å². The van der Waals surface area contributed by atoms with Crippen molar-refractivity contribution in [1.82, 2.24) is 0 Å². The fourth-order valence-electron chi connectivity index (χ4n) is 6.10. The molecule has 3 unspecified atom stereocenters. The summed E-state index contributed by atoms with van der Waals surface area (Å²) < 4.78 is 0. The van der Waals surface area contributed by atoms with Crippen LogP contribution in [0.4, 0.5) is 0 Å². The molecule has 122 valence electrons. The van der Waals surface area contributed by atoms with Crippen molar-refractivity contribution in [2.24, 2.45) is 28.6 Å². The van der Waals surface area contributed by atoms with Gasteiger partial charge >= 0.3 is 0 Å². The van der Waals surface area contributed by atoms with Crippen LogP contribution >= 0.6 is 0 Å². The average Bonchev–Trinajstić information content (AvgIpc) is 2.77. The second kappa shape index (κ2) is 4.61. The highest BCUT2D eigenvalue weighted by molar-refractivity contribution is 5.33. The number of hydrogen-bond acceptors (Lipinski definition) is 3. The van der Waals surface area contributed by atoms with E-state index in [0.29, 0.717) is 29.9 Å². The minimum atomic E-state index is -0.366. The minimum absolute atomic E-state index is 0.0513. The number of fused-ring (bicyclic) bond motifs is 5. The number of allylic oxidation sites excluding steroid dienone is 3. The molecule has 0 bridgehead atoms. The highest BCUT2D eigenvalue weighted by atomic mass is 16.3. The molecule has 2 saturated carbocycles. The van der Waals surface area contributed by atoms with Crippen molar-refractivity contribution < 1.29 is 15.3 Å². The van der Waals surface area contributed by atoms with E-state index in [-0.39, 0.29) is 23.0 Å². The van der Waals surface area contributed by atoms with E-state index in [1.54, 1.807) is 0 Å². The molecule has 0 aromatic rings. The highest BCUT2D eigenvalue weighted by Gasteiger charge is 2.58. The molecule has 0 heterocycles. The molecule has 3 N–H and O–H groups in total. The van der Waals surface area contributed by atoms with Crippen LogP contribution in [0.1, 0.15) is 52.4 Å². The molecule has 0 aromatic carbocycles. The third-order valence-corrected chi connectivity index (χ3v) is 7.62. The summed E-state index contributed by atoms with van der Waals surface area (Å²) >= 11 is 0. The molecule has 0 aromatic heterocycles. The van der Waals surface area contributed by atoms with E-state index < -0.39 is 0 Å². The van der Waals surface area contributed by atoms with Crippen molar-refractivity contribution in [3.8, 4) is 0 Å². The van der Waals surface area contributed by atoms with Crippen LogP contribution < -0.4 is 0 Å². The van der Waals surface area contributed by atoms with Gasteiger partial charge in [0.2, 0.25) is 0 Å². The summed E-state index contributed by atoms with van der Waals surface area (Å²) in [4.78, 5) is 0. The maximum absolute atomic E-state index is 10.8. The predicted molar refractivity (Wildman–Crippen MR) is 85.2 cm³/mol. The zero-order valence-corrected chi connectivity index (χ0v) is 13.6. The summed E-state index contributed by atoms with van der Waals surface area (Å²) in [6.07, 6.45) is 8.96. The summed E-state index contributed by atoms with van der Waals surface area (Å²) in [5.41, 5.74) is 1.24. The van der Waals surface area contributed by atoms with Gasteiger partial charge < -0.3 is 15.3 Å². The predicted octanol–water partition coefficient (Wildman–Crippen LogP) is 3.33. The van der Waals surface area contributed by atoms with E-state index in [9.17, 15) is 15.3 Å². The molecule has 4 aliphatic rings. The van der Waals surface area contributed by atoms with Crippen LogP contribution in [0.25, 0.3) is 0 Å². The van der Waals surface area contributed by atoms with Crippen molar-refractivity contribution in [3.05, 3.63) is 23.5 Å². The Morgan fingerprint density at radius 1 is 1.09 bits per heavy atom. The molecular weight excluding hydrogens is 276 g/mol. The first-order valence-electron chi connectivity index (χ1n) is 8.83. The van der Waals surface area contributed by atoms with Crippen LogP contribution in [0.5, 0.6) is 0 Å². The van der Waals surface area contributed by atoms with Crippen LogP contribution in [0.3, 0.4) is 0 Å². The Morgan fingerprint density at radius 3 is 2.64 bits per heavy atom. The minimum Gasteiger partial charge on any atom is -0.512 e. The second-order valence-electron chi connectivity index (χ2n) is 8.57. The molecule has 0 spiro atoms. The first-order valence-corrected chi connectivity index (χ1v) is 8.83. The molecule has 4 rings (SSSR count). The summed E-state index contributed by atoms with van der Waals surface area (Å²) in [5, 5.41) is 31.2. The molecule has 0 saturated heterocycles. The van der Waals surface area contributed by atoms with Gasteiger partial charge in [0.05, 0.1) is 18.0 Å². The SMILES string of the molecule is C[C@]12C=CC(O)CC1CC(O)=C1[C@H]2CC[C@]2(C)C(O)CC[C@@H]12. The topological polar surface area (TPSA) is 60.7 Å². The molecule has 22 heavy (non-hydrogen) atoms. The lowest BCUT2D eigenvalue weighted by Gasteiger charge is -2.55. The maximum Gasteiger partial charge on any atom is 0.0923 e. The van der Waals surface area contributed by atoms with Gasteiger partial charge in [-0.2, -0.15) is 0 Å². The molecule has 0 aliphatic heterocycles. The monoisotopic (exact) mass is 304 g/mol. The van der Waals surface area contributed by atoms with Gasteiger partial charge in [-0.3, -0.25) is 0 Å². The summed E-state index contributed by atoms with van der Waals surface area (Å²) in [6.45, 7) is 4.52. The van der Waals surface area contributed by atoms with Crippen LogP contribution in [0, 0.1) is 28.6 Å². The van der Waals surface area contributed by atoms with Crippen molar-refractivity contribution in [2.45, 2.75) is 64.6 Å². The van der Waals surface area contributed by atoms with Crippen molar-refractivity contribution >= 4 is 0 Å². The lowest BCUT2D eigenvalue weighted by Crippen LogP contribution is -2.49. The number of aliphatic hydroxyl groups is 3. The van der Waals surface area contributed by atoms with Gasteiger partial charge in [0.15, 0.2) is 0 Å². The fourth-order valence-corrected chi connectivity index (χ4v) is 6.10. The fraction of sp³-hybridized carbons (Fsp3) is 0.789. The number of aliphatic hydroxyl groups excluding tert-OH is 3. The maximum atomic E-state index is 10.8. The summed E-state index contributed by atoms with van der Waals surface area (Å²) in [6, 6.07) is 0. The van der Waals surface area contributed by atoms with Gasteiger partial charge in [0.1, 0.15) is 0 Å². The molecule has 4 aliphatic carbocycles. The zero-order chi connectivity index (χ0) is 15.7. The van der Waals surface area contributed by atoms with Crippen molar-refractivity contribution in [3.63, 3.8) is 0 Å². The van der Waals surface area contributed by atoms with Crippen LogP contribution in [0.2, 0.25) is 0 Å². The lowest BCUT2D eigenvalue weighted by molar-refractivity contribution is -0.0157. The average molecular weight is 304 g/mol. The summed E-state index contributed by atoms with van der Waals surface area (Å²) in [7, 11) is 0. The highest BCUT2D eigenvalue weighted by Crippen LogP contribution is 2.64. The van der Waals surface area contributed by atoms with Crippen molar-refractivity contribution in [2.75, 3.05) is 0 Å². The standard InChI is InChI=1S/C19H28O3/c1-18-7-5-12(20)9-11(18)10-15(21)17-13-3-4-16(22)19(13,2)8-6-14(17)18/h5,7,11-14,16,20-22H,3-4,6,8-10H2,1-2H3/t11?,12?,13-,14+,16?,18-,19-/m0/s1. The Morgan fingerprint density at radius 2 is 1.86 bits per heavy atom. The molecule has 3 nitrogen and oxygen atoms in total. The number of hydrogen-bond donors (Lipinski definition) is 3. The first-order chi connectivity index (χ1) is 10.4. The second-order valence-corrected chi connectivity index (χ2v) is 8.57. The Kier molecular flexibility index (Phi) is 3.09. The van der Waals surface area contributed by atoms with Gasteiger partial charge in [-0.25, -0.2) is 0 Å². The normalized spacial score (nSPS) is 53.9. The Bertz CT molecular complexity index is 551. The Balaban J connectivity index is 1.78. The Labute approximate surface area is 132 Å². The van der Waals surface area contributed by atoms with Gasteiger partial charge in [-0.1, -0.05) is 26.0 Å². The van der Waals surface area contributed by atoms with Crippen LogP contribution in [-0.4, -0.2) is 27.5 Å². The summed E-state index contributed by atoms with van der Waals surface area (Å²) in [5.74, 6) is 1.61. The number of rotatable bonds is 0. The van der Waals surface area contributed by atoms with E-state index >= 15 is 0 Å². The first kappa shape index (κ1) is 14.8. The van der Waals surface area contributed by atoms with Gasteiger partial charge in [0, 0.05) is 11.8 Å². The van der Waals surface area contributed by atoms with Gasteiger partial charge in [-0.05, 0) is 60.8 Å². The van der Waals surface area contributed by atoms with Crippen LogP contribution in [0.15, 0.2) is 23.5 Å². The lowest BCUT2D eigenvalue weighted by atomic mass is 9.49. The third kappa shape index (κ3) is 1.75. The largest absolute Gasteiger partial charge is 0.512 e. The third-order valence-electron chi connectivity index (χ3n) is 7.62. The van der Waals surface area contributed by atoms with Crippen LogP contribution in [-0.2, 0) is 0 Å². The molecule has 2 fully saturated rings. The van der Waals surface area contributed by atoms with Gasteiger partial charge in [0.25, 0.3) is 0 Å². The molecule has 0 amide bonds. The van der Waals surface area contributed by atoms with E-state index in [0.717, 1.165) is 32.1 Å². The van der Waals surface area contributed by atoms with E-state index in [4.69, 9.17) is 0 Å². The Hall–Kier alpha value is -0.800. The smallest absolute Gasteiger partial charge is 0.0923 e. The molecule has 0 radical (unpaired) electrons. The zero-order valence-electron chi connectivity index (χ0n) is 13.6. The van der Waals surface area contributed by atoms with Crippen molar-refractivity contribution in [1.29, 1.82) is 0 Å².